The van der Waals surface area contributed by atoms with Gasteiger partial charge in [0.2, 0.25) is 0 Å². The van der Waals surface area contributed by atoms with Gasteiger partial charge < -0.3 is 13.9 Å². The summed E-state index contributed by atoms with van der Waals surface area (Å²) in [6, 6.07) is 4.28. The molecule has 0 radical (unpaired) electrons. The molecular formula is C22H27NO3. The van der Waals surface area contributed by atoms with E-state index in [2.05, 4.69) is 26.8 Å². The van der Waals surface area contributed by atoms with Crippen molar-refractivity contribution < 1.29 is 13.9 Å². The van der Waals surface area contributed by atoms with Gasteiger partial charge in [0.05, 0.1) is 14.2 Å². The van der Waals surface area contributed by atoms with Gasteiger partial charge in [-0.1, -0.05) is 27.2 Å². The Morgan fingerprint density at radius 3 is 2.62 bits per heavy atom. The van der Waals surface area contributed by atoms with Crippen LogP contribution in [-0.2, 0) is 11.8 Å². The molecule has 0 spiro atoms. The van der Waals surface area contributed by atoms with Gasteiger partial charge in [-0.3, -0.25) is 0 Å². The molecule has 138 valence electrons. The lowest BCUT2D eigenvalue weighted by Gasteiger charge is -2.53. The van der Waals surface area contributed by atoms with E-state index in [9.17, 15) is 5.26 Å². The topological polar surface area (TPSA) is 55.4 Å². The molecule has 4 nitrogen and oxygen atoms in total. The van der Waals surface area contributed by atoms with Crippen LogP contribution in [0, 0.1) is 22.7 Å². The van der Waals surface area contributed by atoms with Gasteiger partial charge in [0.15, 0.2) is 17.1 Å². The first-order chi connectivity index (χ1) is 12.4. The highest BCUT2D eigenvalue weighted by atomic mass is 16.5. The summed E-state index contributed by atoms with van der Waals surface area (Å²) in [5, 5.41) is 10.8. The number of furan rings is 1. The van der Waals surface area contributed by atoms with Gasteiger partial charge in [-0.05, 0) is 42.1 Å². The maximum absolute atomic E-state index is 9.76. The number of hydrogen-bond donors (Lipinski definition) is 0. The molecule has 2 atom stereocenters. The quantitative estimate of drug-likeness (QED) is 0.730. The average molecular weight is 353 g/mol. The van der Waals surface area contributed by atoms with Crippen LogP contribution in [0.5, 0.6) is 11.5 Å². The van der Waals surface area contributed by atoms with E-state index in [0.717, 1.165) is 24.0 Å². The fraction of sp³-hybridized carbons (Fsp3) is 0.591. The second kappa shape index (κ2) is 5.67. The molecule has 2 aliphatic carbocycles. The fourth-order valence-corrected chi connectivity index (χ4v) is 5.90. The minimum atomic E-state index is 0.0763. The highest BCUT2D eigenvalue weighted by Gasteiger charge is 2.51. The van der Waals surface area contributed by atoms with E-state index >= 15 is 0 Å². The van der Waals surface area contributed by atoms with Crippen molar-refractivity contribution >= 4 is 11.0 Å². The van der Waals surface area contributed by atoms with Gasteiger partial charge in [0, 0.05) is 17.4 Å². The van der Waals surface area contributed by atoms with Crippen molar-refractivity contribution in [2.45, 2.75) is 58.3 Å². The van der Waals surface area contributed by atoms with Crippen molar-refractivity contribution in [3.63, 3.8) is 0 Å². The van der Waals surface area contributed by atoms with Gasteiger partial charge in [0.25, 0.3) is 0 Å². The zero-order chi connectivity index (χ0) is 18.7. The number of nitrogens with zero attached hydrogens (tertiary/aromatic N) is 1. The van der Waals surface area contributed by atoms with Crippen molar-refractivity contribution in [1.29, 1.82) is 5.26 Å². The van der Waals surface area contributed by atoms with Crippen LogP contribution < -0.4 is 9.47 Å². The average Bonchev–Trinajstić information content (AvgIpc) is 2.98. The summed E-state index contributed by atoms with van der Waals surface area (Å²) in [7, 11) is 3.18. The van der Waals surface area contributed by atoms with Crippen molar-refractivity contribution in [3.8, 4) is 17.6 Å². The zero-order valence-corrected chi connectivity index (χ0v) is 16.4. The van der Waals surface area contributed by atoms with Crippen molar-refractivity contribution in [2.75, 3.05) is 14.2 Å². The third kappa shape index (κ3) is 2.13. The number of aryl methyl sites for hydroxylation is 1. The highest BCUT2D eigenvalue weighted by molar-refractivity contribution is 5.92. The van der Waals surface area contributed by atoms with Gasteiger partial charge in [-0.2, -0.15) is 5.26 Å². The molecule has 4 heteroatoms. The largest absolute Gasteiger partial charge is 0.493 e. The molecule has 26 heavy (non-hydrogen) atoms. The maximum Gasteiger partial charge on any atom is 0.182 e. The van der Waals surface area contributed by atoms with Crippen LogP contribution in [0.25, 0.3) is 11.0 Å². The normalized spacial score (nSPS) is 26.7. The Hall–Kier alpha value is -2.15. The summed E-state index contributed by atoms with van der Waals surface area (Å²) in [6.07, 6.45) is 5.75. The van der Waals surface area contributed by atoms with E-state index in [-0.39, 0.29) is 5.41 Å². The first-order valence-corrected chi connectivity index (χ1v) is 9.48. The first-order valence-electron chi connectivity index (χ1n) is 9.48. The lowest BCUT2D eigenvalue weighted by Crippen LogP contribution is -2.47. The van der Waals surface area contributed by atoms with Crippen molar-refractivity contribution in [3.05, 3.63) is 23.0 Å². The lowest BCUT2D eigenvalue weighted by molar-refractivity contribution is 0.0387. The van der Waals surface area contributed by atoms with Crippen LogP contribution in [0.3, 0.4) is 0 Å². The van der Waals surface area contributed by atoms with Crippen LogP contribution in [0.1, 0.15) is 63.3 Å². The fourth-order valence-electron chi connectivity index (χ4n) is 5.90. The third-order valence-corrected chi connectivity index (χ3v) is 6.97. The van der Waals surface area contributed by atoms with Gasteiger partial charge in [0.1, 0.15) is 17.4 Å². The Bertz CT molecular complexity index is 918. The smallest absolute Gasteiger partial charge is 0.182 e. The van der Waals surface area contributed by atoms with Gasteiger partial charge in [-0.25, -0.2) is 0 Å². The monoisotopic (exact) mass is 353 g/mol. The summed E-state index contributed by atoms with van der Waals surface area (Å²) in [4.78, 5) is 0. The molecule has 0 N–H and O–H groups in total. The minimum absolute atomic E-state index is 0.0763. The van der Waals surface area contributed by atoms with Crippen LogP contribution in [0.4, 0.5) is 0 Å². The first kappa shape index (κ1) is 17.3. The minimum Gasteiger partial charge on any atom is -0.493 e. The van der Waals surface area contributed by atoms with Crippen LogP contribution in [-0.4, -0.2) is 14.2 Å². The van der Waals surface area contributed by atoms with E-state index < -0.39 is 0 Å². The number of benzene rings is 1. The molecule has 0 unspecified atom stereocenters. The zero-order valence-electron chi connectivity index (χ0n) is 16.4. The van der Waals surface area contributed by atoms with Crippen LogP contribution in [0.15, 0.2) is 10.5 Å². The summed E-state index contributed by atoms with van der Waals surface area (Å²) < 4.78 is 17.3. The second-order valence-electron chi connectivity index (χ2n) is 8.73. The molecule has 1 heterocycles. The standard InChI is InChI=1S/C22H27NO3/c1-21(2)9-6-10-22(3)17(21)8-7-15-18(22)13-11-16(24-4)20(25-5)14(12-23)19(13)26-15/h11,17H,6-10H2,1-5H3/t17-,22-/m0/s1. The van der Waals surface area contributed by atoms with E-state index in [1.165, 1.54) is 24.8 Å². The SMILES string of the molecule is COc1cc2c3c(oc2c(C#N)c1OC)CC[C@H]1C(C)(C)CCC[C@]31C. The lowest BCUT2D eigenvalue weighted by atomic mass is 9.51. The number of hydrogen-bond acceptors (Lipinski definition) is 4. The summed E-state index contributed by atoms with van der Waals surface area (Å²) in [5.41, 5.74) is 2.79. The van der Waals surface area contributed by atoms with E-state index in [1.54, 1.807) is 14.2 Å². The molecule has 2 aliphatic rings. The Kier molecular flexibility index (Phi) is 3.77. The van der Waals surface area contributed by atoms with Gasteiger partial charge in [-0.15, -0.1) is 0 Å². The third-order valence-electron chi connectivity index (χ3n) is 6.97. The predicted octanol–water partition coefficient (Wildman–Crippen LogP) is 5.35. The number of methoxy groups -OCH3 is 2. The molecule has 4 rings (SSSR count). The van der Waals surface area contributed by atoms with Crippen LogP contribution >= 0.6 is 0 Å². The summed E-state index contributed by atoms with van der Waals surface area (Å²) in [6.45, 7) is 7.22. The number of fused-ring (bicyclic) bond motifs is 5. The Labute approximate surface area is 155 Å². The van der Waals surface area contributed by atoms with Crippen molar-refractivity contribution in [1.82, 2.24) is 0 Å². The van der Waals surface area contributed by atoms with Crippen molar-refractivity contribution in [2.24, 2.45) is 11.3 Å². The van der Waals surface area contributed by atoms with E-state index in [4.69, 9.17) is 13.9 Å². The molecule has 0 saturated heterocycles. The number of nitriles is 1. The maximum atomic E-state index is 9.76. The molecule has 1 aromatic carbocycles. The molecule has 0 aliphatic heterocycles. The number of ether oxygens (including phenoxy) is 2. The van der Waals surface area contributed by atoms with E-state index in [0.29, 0.717) is 34.0 Å². The van der Waals surface area contributed by atoms with E-state index in [1.807, 2.05) is 6.07 Å². The Morgan fingerprint density at radius 1 is 1.19 bits per heavy atom. The molecule has 2 aromatic rings. The molecule has 1 fully saturated rings. The Balaban J connectivity index is 2.04. The molecule has 1 aromatic heterocycles. The Morgan fingerprint density at radius 2 is 1.96 bits per heavy atom. The molecular weight excluding hydrogens is 326 g/mol. The predicted molar refractivity (Wildman–Crippen MR) is 101 cm³/mol. The molecule has 0 bridgehead atoms. The summed E-state index contributed by atoms with van der Waals surface area (Å²) >= 11 is 0. The van der Waals surface area contributed by atoms with Crippen LogP contribution in [0.2, 0.25) is 0 Å². The molecule has 1 saturated carbocycles. The van der Waals surface area contributed by atoms with Gasteiger partial charge >= 0.3 is 0 Å². The summed E-state index contributed by atoms with van der Waals surface area (Å²) in [5.74, 6) is 2.72. The highest BCUT2D eigenvalue weighted by Crippen LogP contribution is 2.59. The molecule has 0 amide bonds. The second-order valence-corrected chi connectivity index (χ2v) is 8.73. The number of rotatable bonds is 2.